The van der Waals surface area contributed by atoms with Gasteiger partial charge in [0.2, 0.25) is 0 Å². The summed E-state index contributed by atoms with van der Waals surface area (Å²) < 4.78 is 56.1. The predicted molar refractivity (Wildman–Crippen MR) is 224 cm³/mol. The Hall–Kier alpha value is -5.03. The summed E-state index contributed by atoms with van der Waals surface area (Å²) in [5, 5.41) is 3.46. The SMILES string of the molecule is Cc1cccc(S(=O)(=O)OC[C@@]2(CO[Si](c3ccccc3)(c3ccccc3)C(C)(C)C)O[C@H](n3ccc(=O)[nH]c3=O)C(ON)C2OCc2ccc3ccccc3c2)c1. The summed E-state index contributed by atoms with van der Waals surface area (Å²) >= 11 is 0. The standard InChI is InChI=1S/C44H47N3O9SSi/c1-31-14-13-17-35(26-31)57(50,51)53-29-44(30-54-58(43(2,3)4,36-18-7-5-8-19-36)37-20-9-6-10-21-37)40(52-28-32-22-23-33-15-11-12-16-34(33)27-32)39(56-45)41(55-44)47-25-24-38(48)46-42(47)49/h5-27,39-41H,28-30,45H2,1-4H3,(H,46,48,49)/t39?,40?,41-,44-/m0/s1. The number of aryl methyl sites for hydroxylation is 1. The number of hydrogen-bond donors (Lipinski definition) is 2. The summed E-state index contributed by atoms with van der Waals surface area (Å²) in [7, 11) is -7.74. The Morgan fingerprint density at radius 1 is 0.810 bits per heavy atom. The molecule has 302 valence electrons. The van der Waals surface area contributed by atoms with Crippen LogP contribution in [-0.2, 0) is 39.6 Å². The van der Waals surface area contributed by atoms with Crippen molar-refractivity contribution in [2.45, 2.75) is 68.3 Å². The van der Waals surface area contributed by atoms with Gasteiger partial charge in [-0.25, -0.2) is 10.7 Å². The molecule has 5 aromatic carbocycles. The summed E-state index contributed by atoms with van der Waals surface area (Å²) in [5.74, 6) is 6.08. The van der Waals surface area contributed by atoms with E-state index in [0.29, 0.717) is 0 Å². The molecule has 4 atom stereocenters. The van der Waals surface area contributed by atoms with Gasteiger partial charge in [-0.05, 0) is 62.4 Å². The number of aromatic amines is 1. The van der Waals surface area contributed by atoms with Crippen molar-refractivity contribution in [1.82, 2.24) is 9.55 Å². The molecule has 1 saturated heterocycles. The van der Waals surface area contributed by atoms with E-state index in [0.717, 1.165) is 36.8 Å². The molecular weight excluding hydrogens is 775 g/mol. The van der Waals surface area contributed by atoms with Crippen LogP contribution in [0.4, 0.5) is 0 Å². The van der Waals surface area contributed by atoms with E-state index in [1.165, 1.54) is 24.4 Å². The average Bonchev–Trinajstić information content (AvgIpc) is 3.52. The average molecular weight is 822 g/mol. The molecule has 58 heavy (non-hydrogen) atoms. The highest BCUT2D eigenvalue weighted by atomic mass is 32.2. The summed E-state index contributed by atoms with van der Waals surface area (Å²) in [5.41, 5.74) is -1.70. The van der Waals surface area contributed by atoms with E-state index in [1.807, 2.05) is 103 Å². The second-order valence-corrected chi connectivity index (χ2v) is 21.5. The fraction of sp³-hybridized carbons (Fsp3) is 0.273. The van der Waals surface area contributed by atoms with Crippen LogP contribution in [0.25, 0.3) is 10.8 Å². The molecule has 3 N–H and O–H groups in total. The second kappa shape index (κ2) is 16.7. The van der Waals surface area contributed by atoms with Gasteiger partial charge in [0.25, 0.3) is 24.0 Å². The Morgan fingerprint density at radius 2 is 1.47 bits per heavy atom. The van der Waals surface area contributed by atoms with E-state index in [2.05, 4.69) is 25.8 Å². The van der Waals surface area contributed by atoms with E-state index < -0.39 is 65.4 Å². The van der Waals surface area contributed by atoms with Crippen molar-refractivity contribution in [3.05, 3.63) is 172 Å². The number of fused-ring (bicyclic) bond motifs is 1. The van der Waals surface area contributed by atoms with E-state index in [-0.39, 0.29) is 18.1 Å². The molecule has 1 fully saturated rings. The molecule has 12 nitrogen and oxygen atoms in total. The van der Waals surface area contributed by atoms with Crippen LogP contribution in [0.1, 0.15) is 38.1 Å². The van der Waals surface area contributed by atoms with Crippen molar-refractivity contribution in [3.63, 3.8) is 0 Å². The van der Waals surface area contributed by atoms with Gasteiger partial charge in [-0.1, -0.05) is 130 Å². The number of nitrogens with two attached hydrogens (primary N) is 1. The molecule has 1 aliphatic rings. The highest BCUT2D eigenvalue weighted by Crippen LogP contribution is 2.44. The third-order valence-corrected chi connectivity index (χ3v) is 16.9. The fourth-order valence-corrected chi connectivity index (χ4v) is 13.5. The van der Waals surface area contributed by atoms with Crippen LogP contribution >= 0.6 is 0 Å². The molecule has 7 rings (SSSR count). The molecule has 2 heterocycles. The molecule has 2 unspecified atom stereocenters. The first-order valence-corrected chi connectivity index (χ1v) is 22.2. The quantitative estimate of drug-likeness (QED) is 0.0861. The molecule has 1 aliphatic heterocycles. The lowest BCUT2D eigenvalue weighted by atomic mass is 9.96. The van der Waals surface area contributed by atoms with Crippen molar-refractivity contribution in [2.24, 2.45) is 5.90 Å². The van der Waals surface area contributed by atoms with Gasteiger partial charge in [0.15, 0.2) is 12.3 Å². The van der Waals surface area contributed by atoms with Gasteiger partial charge in [-0.3, -0.25) is 23.4 Å². The molecular formula is C44H47N3O9SSi. The van der Waals surface area contributed by atoms with Gasteiger partial charge in [0.1, 0.15) is 18.3 Å². The van der Waals surface area contributed by atoms with Crippen molar-refractivity contribution >= 4 is 39.6 Å². The lowest BCUT2D eigenvalue weighted by molar-refractivity contribution is -0.156. The minimum atomic E-state index is -4.40. The van der Waals surface area contributed by atoms with E-state index in [1.54, 1.807) is 19.1 Å². The first kappa shape index (κ1) is 41.1. The molecule has 0 radical (unpaired) electrons. The Bertz CT molecular complexity index is 2560. The molecule has 0 bridgehead atoms. The van der Waals surface area contributed by atoms with Gasteiger partial charge in [0, 0.05) is 12.3 Å². The number of ether oxygens (including phenoxy) is 2. The van der Waals surface area contributed by atoms with Crippen LogP contribution in [0.5, 0.6) is 0 Å². The van der Waals surface area contributed by atoms with E-state index in [9.17, 15) is 18.0 Å². The van der Waals surface area contributed by atoms with Crippen LogP contribution < -0.4 is 27.5 Å². The Labute approximate surface area is 338 Å². The molecule has 0 amide bonds. The van der Waals surface area contributed by atoms with Crippen LogP contribution in [0.15, 0.2) is 154 Å². The van der Waals surface area contributed by atoms with Crippen LogP contribution in [0.2, 0.25) is 5.04 Å². The molecule has 0 spiro atoms. The molecule has 0 saturated carbocycles. The van der Waals surface area contributed by atoms with Gasteiger partial charge in [0.05, 0.1) is 18.1 Å². The smallest absolute Gasteiger partial charge is 0.330 e. The van der Waals surface area contributed by atoms with E-state index in [4.69, 9.17) is 28.8 Å². The van der Waals surface area contributed by atoms with Crippen molar-refractivity contribution in [1.29, 1.82) is 0 Å². The third kappa shape index (κ3) is 8.15. The summed E-state index contributed by atoms with van der Waals surface area (Å²) in [6, 6.07) is 41.2. The zero-order valence-corrected chi connectivity index (χ0v) is 34.6. The first-order chi connectivity index (χ1) is 27.8. The lowest BCUT2D eigenvalue weighted by Gasteiger charge is -2.45. The van der Waals surface area contributed by atoms with Crippen molar-refractivity contribution in [3.8, 4) is 0 Å². The summed E-state index contributed by atoms with van der Waals surface area (Å²) in [6.45, 7) is 7.22. The maximum atomic E-state index is 14.0. The Balaban J connectivity index is 1.39. The Morgan fingerprint density at radius 3 is 2.09 bits per heavy atom. The van der Waals surface area contributed by atoms with Gasteiger partial charge in [-0.2, -0.15) is 8.42 Å². The second-order valence-electron chi connectivity index (χ2n) is 15.6. The first-order valence-electron chi connectivity index (χ1n) is 18.9. The monoisotopic (exact) mass is 821 g/mol. The van der Waals surface area contributed by atoms with Crippen LogP contribution in [-0.4, -0.2) is 57.3 Å². The van der Waals surface area contributed by atoms with Gasteiger partial charge >= 0.3 is 5.69 Å². The van der Waals surface area contributed by atoms with Gasteiger partial charge < -0.3 is 13.9 Å². The lowest BCUT2D eigenvalue weighted by Crippen LogP contribution is -2.68. The minimum Gasteiger partial charge on any atom is -0.404 e. The number of nitrogens with one attached hydrogen (secondary N) is 1. The highest BCUT2D eigenvalue weighted by molar-refractivity contribution is 7.86. The summed E-state index contributed by atoms with van der Waals surface area (Å²) in [4.78, 5) is 33.5. The number of hydrogen-bond acceptors (Lipinski definition) is 10. The Kier molecular flexibility index (Phi) is 11.8. The zero-order chi connectivity index (χ0) is 41.1. The molecule has 14 heteroatoms. The predicted octanol–water partition coefficient (Wildman–Crippen LogP) is 5.09. The number of rotatable bonds is 14. The molecule has 6 aromatic rings. The maximum absolute atomic E-state index is 14.0. The number of nitrogens with zero attached hydrogens (tertiary/aromatic N) is 1. The number of aromatic nitrogens is 2. The van der Waals surface area contributed by atoms with Crippen LogP contribution in [0, 0.1) is 6.92 Å². The fourth-order valence-electron chi connectivity index (χ4n) is 7.85. The van der Waals surface area contributed by atoms with E-state index >= 15 is 0 Å². The van der Waals surface area contributed by atoms with Crippen molar-refractivity contribution in [2.75, 3.05) is 13.2 Å². The minimum absolute atomic E-state index is 0.0115. The van der Waals surface area contributed by atoms with Crippen LogP contribution in [0.3, 0.4) is 0 Å². The topological polar surface area (TPSA) is 161 Å². The third-order valence-electron chi connectivity index (χ3n) is 10.7. The maximum Gasteiger partial charge on any atom is 0.330 e. The normalized spacial score (nSPS) is 20.1. The van der Waals surface area contributed by atoms with Crippen molar-refractivity contribution < 1.29 is 31.3 Å². The summed E-state index contributed by atoms with van der Waals surface area (Å²) in [6.07, 6.45) is -2.51. The molecule has 0 aliphatic carbocycles. The van der Waals surface area contributed by atoms with Gasteiger partial charge in [-0.15, -0.1) is 0 Å². The number of benzene rings is 5. The molecule has 1 aromatic heterocycles. The highest BCUT2D eigenvalue weighted by Gasteiger charge is 2.61. The number of H-pyrrole nitrogens is 1. The largest absolute Gasteiger partial charge is 0.404 e. The zero-order valence-electron chi connectivity index (χ0n) is 32.7.